The first-order chi connectivity index (χ1) is 14.3. The van der Waals surface area contributed by atoms with Crippen LogP contribution in [0.25, 0.3) is 10.9 Å². The first kappa shape index (κ1) is 19.0. The van der Waals surface area contributed by atoms with Crippen molar-refractivity contribution >= 4 is 22.7 Å². The lowest BCUT2D eigenvalue weighted by Gasteiger charge is -2.23. The van der Waals surface area contributed by atoms with Gasteiger partial charge in [-0.15, -0.1) is 0 Å². The highest BCUT2D eigenvalue weighted by Crippen LogP contribution is 2.41. The van der Waals surface area contributed by atoms with Crippen molar-refractivity contribution in [2.75, 3.05) is 38.1 Å². The molecular formula is C21H21F2N3O4. The predicted octanol–water partition coefficient (Wildman–Crippen LogP) is 3.12. The molecule has 3 aliphatic rings. The van der Waals surface area contributed by atoms with Gasteiger partial charge in [0.25, 0.3) is 0 Å². The number of rotatable bonds is 3. The first-order valence-corrected chi connectivity index (χ1v) is 9.94. The molecule has 1 fully saturated rings. The van der Waals surface area contributed by atoms with E-state index in [0.717, 1.165) is 38.4 Å². The molecule has 0 radical (unpaired) electrons. The minimum atomic E-state index is -1.65. The van der Waals surface area contributed by atoms with Crippen molar-refractivity contribution in [2.24, 2.45) is 0 Å². The zero-order valence-corrected chi connectivity index (χ0v) is 16.5. The summed E-state index contributed by atoms with van der Waals surface area (Å²) in [7, 11) is 2.02. The largest absolute Gasteiger partial charge is 0.511 e. The van der Waals surface area contributed by atoms with Gasteiger partial charge in [0.05, 0.1) is 17.1 Å². The van der Waals surface area contributed by atoms with Gasteiger partial charge in [-0.25, -0.2) is 13.6 Å². The molecule has 0 amide bonds. The molecule has 1 aromatic heterocycles. The van der Waals surface area contributed by atoms with Crippen LogP contribution in [-0.4, -0.2) is 54.0 Å². The van der Waals surface area contributed by atoms with Gasteiger partial charge in [-0.2, -0.15) is 0 Å². The fourth-order valence-corrected chi connectivity index (χ4v) is 4.55. The summed E-state index contributed by atoms with van der Waals surface area (Å²) in [4.78, 5) is 27.5. The van der Waals surface area contributed by atoms with Gasteiger partial charge >= 0.3 is 6.16 Å². The second-order valence-corrected chi connectivity index (χ2v) is 8.30. The van der Waals surface area contributed by atoms with Gasteiger partial charge in [0.2, 0.25) is 5.43 Å². The number of likely N-dealkylation sites (N-methyl/N-ethyl adjacent to an activating group) is 1. The lowest BCUT2D eigenvalue weighted by molar-refractivity contribution is 0.143. The second kappa shape index (κ2) is 6.80. The van der Waals surface area contributed by atoms with Crippen molar-refractivity contribution < 1.29 is 23.4 Å². The van der Waals surface area contributed by atoms with Crippen molar-refractivity contribution in [2.45, 2.75) is 25.3 Å². The Hall–Kier alpha value is -2.94. The molecule has 5 rings (SSSR count). The fourth-order valence-electron chi connectivity index (χ4n) is 4.55. The number of anilines is 1. The van der Waals surface area contributed by atoms with E-state index in [4.69, 9.17) is 5.11 Å². The van der Waals surface area contributed by atoms with Gasteiger partial charge in [-0.05, 0) is 43.5 Å². The van der Waals surface area contributed by atoms with Crippen LogP contribution in [-0.2, 0) is 0 Å². The molecule has 1 N–H and O–H groups in total. The molecule has 158 valence electrons. The molecule has 9 heteroatoms. The van der Waals surface area contributed by atoms with Crippen molar-refractivity contribution in [3.8, 4) is 5.75 Å². The zero-order valence-electron chi connectivity index (χ0n) is 16.5. The highest BCUT2D eigenvalue weighted by molar-refractivity contribution is 5.86. The minimum Gasteiger partial charge on any atom is -0.449 e. The van der Waals surface area contributed by atoms with E-state index >= 15 is 8.78 Å². The Kier molecular flexibility index (Phi) is 4.32. The Labute approximate surface area is 170 Å². The maximum absolute atomic E-state index is 15.7. The summed E-state index contributed by atoms with van der Waals surface area (Å²) in [5.74, 6) is -2.07. The third-order valence-corrected chi connectivity index (χ3v) is 6.12. The van der Waals surface area contributed by atoms with Gasteiger partial charge in [0.15, 0.2) is 11.6 Å². The number of halogens is 2. The maximum Gasteiger partial charge on any atom is 0.511 e. The molecule has 0 saturated heterocycles. The van der Waals surface area contributed by atoms with E-state index in [2.05, 4.69) is 9.64 Å². The summed E-state index contributed by atoms with van der Waals surface area (Å²) in [6, 6.07) is 0.934. The fraction of sp³-hybridized carbons (Fsp3) is 0.429. The molecule has 1 aliphatic carbocycles. The number of aromatic nitrogens is 1. The van der Waals surface area contributed by atoms with Crippen molar-refractivity contribution in [1.29, 1.82) is 0 Å². The van der Waals surface area contributed by atoms with Crippen LogP contribution in [0.4, 0.5) is 19.3 Å². The van der Waals surface area contributed by atoms with E-state index in [1.54, 1.807) is 4.90 Å². The van der Waals surface area contributed by atoms with Crippen LogP contribution in [0.1, 0.15) is 25.3 Å². The summed E-state index contributed by atoms with van der Waals surface area (Å²) >= 11 is 0. The molecule has 1 saturated carbocycles. The number of hydrogen-bond acceptors (Lipinski definition) is 5. The summed E-state index contributed by atoms with van der Waals surface area (Å²) < 4.78 is 36.9. The van der Waals surface area contributed by atoms with Crippen LogP contribution in [0.5, 0.6) is 5.75 Å². The third-order valence-electron chi connectivity index (χ3n) is 6.12. The third kappa shape index (κ3) is 3.04. The lowest BCUT2D eigenvalue weighted by atomic mass is 10.0. The van der Waals surface area contributed by atoms with Crippen molar-refractivity contribution in [3.05, 3.63) is 45.3 Å². The van der Waals surface area contributed by atoms with E-state index in [0.29, 0.717) is 13.1 Å². The summed E-state index contributed by atoms with van der Waals surface area (Å²) in [6.45, 7) is 2.62. The van der Waals surface area contributed by atoms with Crippen LogP contribution in [0.15, 0.2) is 28.2 Å². The molecule has 1 aromatic carbocycles. The number of hydrogen-bond donors (Lipinski definition) is 1. The van der Waals surface area contributed by atoms with Gasteiger partial charge in [-0.1, -0.05) is 0 Å². The Morgan fingerprint density at radius 3 is 2.63 bits per heavy atom. The van der Waals surface area contributed by atoms with Crippen LogP contribution in [0.3, 0.4) is 0 Å². The van der Waals surface area contributed by atoms with E-state index < -0.39 is 29.0 Å². The molecule has 0 unspecified atom stereocenters. The SMILES string of the molecule is CN1CCC2=C(C1)CN(c1c(F)cc3c(=O)c(OC(=O)O)cn(C4CC4)c3c1F)C2. The number of nitrogens with zero attached hydrogens (tertiary/aromatic N) is 3. The maximum atomic E-state index is 15.7. The van der Waals surface area contributed by atoms with Gasteiger partial charge < -0.3 is 24.2 Å². The number of carboxylic acid groups (broad SMARTS) is 1. The van der Waals surface area contributed by atoms with Gasteiger partial charge in [0, 0.05) is 32.2 Å². The quantitative estimate of drug-likeness (QED) is 0.611. The standard InChI is InChI=1S/C21H21F2N3O4/c1-24-5-4-11-8-25(9-12(11)7-24)19-15(22)6-14-18(17(19)23)26(13-2-3-13)10-16(20(14)27)30-21(28)29/h6,10,13H,2-5,7-9H2,1H3,(H,28,29). The molecule has 2 aromatic rings. The first-order valence-electron chi connectivity index (χ1n) is 9.94. The molecule has 7 nitrogen and oxygen atoms in total. The smallest absolute Gasteiger partial charge is 0.449 e. The Morgan fingerprint density at radius 1 is 1.20 bits per heavy atom. The van der Waals surface area contributed by atoms with Gasteiger partial charge in [-0.3, -0.25) is 4.79 Å². The Balaban J connectivity index is 1.64. The highest BCUT2D eigenvalue weighted by atomic mass is 19.1. The molecule has 30 heavy (non-hydrogen) atoms. The van der Waals surface area contributed by atoms with E-state index in [9.17, 15) is 9.59 Å². The number of benzene rings is 1. The van der Waals surface area contributed by atoms with Crippen LogP contribution in [0, 0.1) is 11.6 Å². The van der Waals surface area contributed by atoms with E-state index in [1.165, 1.54) is 21.9 Å². The van der Waals surface area contributed by atoms with Crippen LogP contribution in [0.2, 0.25) is 0 Å². The predicted molar refractivity (Wildman–Crippen MR) is 106 cm³/mol. The highest BCUT2D eigenvalue weighted by Gasteiger charge is 2.33. The van der Waals surface area contributed by atoms with Crippen LogP contribution >= 0.6 is 0 Å². The molecule has 0 bridgehead atoms. The zero-order chi connectivity index (χ0) is 21.2. The second-order valence-electron chi connectivity index (χ2n) is 8.30. The monoisotopic (exact) mass is 417 g/mol. The average molecular weight is 417 g/mol. The minimum absolute atomic E-state index is 0.00127. The van der Waals surface area contributed by atoms with E-state index in [-0.39, 0.29) is 22.6 Å². The van der Waals surface area contributed by atoms with Crippen molar-refractivity contribution in [3.63, 3.8) is 0 Å². The summed E-state index contributed by atoms with van der Waals surface area (Å²) in [5, 5.41) is 8.68. The average Bonchev–Trinajstić information content (AvgIpc) is 3.44. The topological polar surface area (TPSA) is 75.0 Å². The number of fused-ring (bicyclic) bond motifs is 1. The molecule has 3 heterocycles. The normalized spacial score (nSPS) is 19.5. The lowest BCUT2D eigenvalue weighted by Crippen LogP contribution is -2.28. The molecule has 2 aliphatic heterocycles. The summed E-state index contributed by atoms with van der Waals surface area (Å²) in [5.41, 5.74) is 1.43. The number of ether oxygens (including phenoxy) is 1. The Bertz CT molecular complexity index is 1170. The summed E-state index contributed by atoms with van der Waals surface area (Å²) in [6.07, 6.45) is 1.99. The van der Waals surface area contributed by atoms with Crippen molar-refractivity contribution in [1.82, 2.24) is 9.47 Å². The number of carbonyl (C=O) groups is 1. The molecule has 0 atom stereocenters. The number of pyridine rings is 1. The van der Waals surface area contributed by atoms with E-state index in [1.807, 2.05) is 7.05 Å². The molecule has 0 spiro atoms. The Morgan fingerprint density at radius 2 is 1.93 bits per heavy atom. The van der Waals surface area contributed by atoms with Crippen LogP contribution < -0.4 is 15.1 Å². The van der Waals surface area contributed by atoms with Gasteiger partial charge in [0.1, 0.15) is 11.5 Å². The molecular weight excluding hydrogens is 396 g/mol.